The molecule has 7 nitrogen and oxygen atoms in total. The van der Waals surface area contributed by atoms with Crippen LogP contribution in [0.25, 0.3) is 0 Å². The Bertz CT molecular complexity index is 517. The van der Waals surface area contributed by atoms with Gasteiger partial charge in [0.05, 0.1) is 19.4 Å². The zero-order chi connectivity index (χ0) is 14.0. The summed E-state index contributed by atoms with van der Waals surface area (Å²) in [6, 6.07) is 0.481. The third-order valence-electron chi connectivity index (χ3n) is 4.10. The Morgan fingerprint density at radius 3 is 2.50 bits per heavy atom. The molecule has 2 fully saturated rings. The molecule has 0 bridgehead atoms. The fourth-order valence-electron chi connectivity index (χ4n) is 2.92. The largest absolute Gasteiger partial charge is 0.379 e. The number of nitrogens with zero attached hydrogens (tertiary/aromatic N) is 3. The number of aromatic amines is 1. The number of hydrogen-bond donors (Lipinski definition) is 1. The number of ether oxygens (including phenoxy) is 1. The van der Waals surface area contributed by atoms with Gasteiger partial charge in [-0.3, -0.25) is 10.00 Å². The standard InChI is InChI=1S/C12H20N4O3S/c17-20(18,12-9-13-14-10-12)16-3-1-11(2-4-16)15-5-7-19-8-6-15/h9-11H,1-8H2,(H,13,14). The topological polar surface area (TPSA) is 78.5 Å². The molecule has 3 heterocycles. The summed E-state index contributed by atoms with van der Waals surface area (Å²) in [4.78, 5) is 2.67. The first kappa shape index (κ1) is 14.0. The minimum Gasteiger partial charge on any atom is -0.379 e. The Kier molecular flexibility index (Phi) is 4.06. The first-order valence-corrected chi connectivity index (χ1v) is 8.42. The minimum atomic E-state index is -3.38. The molecule has 1 aromatic heterocycles. The van der Waals surface area contributed by atoms with Gasteiger partial charge < -0.3 is 4.74 Å². The predicted molar refractivity (Wildman–Crippen MR) is 72.8 cm³/mol. The van der Waals surface area contributed by atoms with Crippen molar-refractivity contribution < 1.29 is 13.2 Å². The van der Waals surface area contributed by atoms with E-state index >= 15 is 0 Å². The maximum absolute atomic E-state index is 12.4. The van der Waals surface area contributed by atoms with Crippen LogP contribution in [0.15, 0.2) is 17.3 Å². The average molecular weight is 300 g/mol. The van der Waals surface area contributed by atoms with Crippen molar-refractivity contribution in [3.8, 4) is 0 Å². The summed E-state index contributed by atoms with van der Waals surface area (Å²) in [5, 5.41) is 6.28. The number of piperidine rings is 1. The van der Waals surface area contributed by atoms with E-state index in [1.807, 2.05) is 0 Å². The van der Waals surface area contributed by atoms with Gasteiger partial charge >= 0.3 is 0 Å². The van der Waals surface area contributed by atoms with Gasteiger partial charge in [-0.2, -0.15) is 9.40 Å². The van der Waals surface area contributed by atoms with E-state index in [0.717, 1.165) is 39.1 Å². The van der Waals surface area contributed by atoms with E-state index < -0.39 is 10.0 Å². The summed E-state index contributed by atoms with van der Waals surface area (Å²) in [6.07, 6.45) is 4.57. The lowest BCUT2D eigenvalue weighted by atomic mass is 10.0. The molecule has 20 heavy (non-hydrogen) atoms. The molecule has 0 radical (unpaired) electrons. The van der Waals surface area contributed by atoms with E-state index in [9.17, 15) is 8.42 Å². The van der Waals surface area contributed by atoms with E-state index in [1.165, 1.54) is 12.4 Å². The number of morpholine rings is 1. The number of aromatic nitrogens is 2. The number of sulfonamides is 1. The van der Waals surface area contributed by atoms with E-state index in [-0.39, 0.29) is 4.90 Å². The molecule has 0 saturated carbocycles. The van der Waals surface area contributed by atoms with Gasteiger partial charge in [-0.25, -0.2) is 8.42 Å². The Balaban J connectivity index is 1.61. The summed E-state index contributed by atoms with van der Waals surface area (Å²) in [7, 11) is -3.38. The van der Waals surface area contributed by atoms with Crippen LogP contribution >= 0.6 is 0 Å². The number of nitrogens with one attached hydrogen (secondary N) is 1. The molecule has 8 heteroatoms. The van der Waals surface area contributed by atoms with Crippen LogP contribution in [0.5, 0.6) is 0 Å². The zero-order valence-corrected chi connectivity index (χ0v) is 12.2. The minimum absolute atomic E-state index is 0.252. The molecule has 0 aromatic carbocycles. The Morgan fingerprint density at radius 2 is 1.90 bits per heavy atom. The lowest BCUT2D eigenvalue weighted by molar-refractivity contribution is 0.00610. The summed E-state index contributed by atoms with van der Waals surface area (Å²) < 4.78 is 31.6. The zero-order valence-electron chi connectivity index (χ0n) is 11.4. The third-order valence-corrected chi connectivity index (χ3v) is 5.96. The van der Waals surface area contributed by atoms with Gasteiger partial charge in [-0.15, -0.1) is 0 Å². The molecule has 2 saturated heterocycles. The van der Waals surface area contributed by atoms with Crippen molar-refractivity contribution in [1.82, 2.24) is 19.4 Å². The molecule has 2 aliphatic rings. The summed E-state index contributed by atoms with van der Waals surface area (Å²) >= 11 is 0. The molecule has 0 spiro atoms. The van der Waals surface area contributed by atoms with Gasteiger partial charge in [0.25, 0.3) is 0 Å². The van der Waals surface area contributed by atoms with Crippen molar-refractivity contribution in [2.45, 2.75) is 23.8 Å². The van der Waals surface area contributed by atoms with E-state index in [2.05, 4.69) is 15.1 Å². The third kappa shape index (κ3) is 2.73. The van der Waals surface area contributed by atoms with Gasteiger partial charge in [0, 0.05) is 38.4 Å². The SMILES string of the molecule is O=S(=O)(c1cn[nH]c1)N1CCC(N2CCOCC2)CC1. The van der Waals surface area contributed by atoms with Crippen LogP contribution in [-0.2, 0) is 14.8 Å². The molecule has 0 atom stereocenters. The summed E-state index contributed by atoms with van der Waals surface area (Å²) in [5.41, 5.74) is 0. The van der Waals surface area contributed by atoms with E-state index in [4.69, 9.17) is 4.74 Å². The van der Waals surface area contributed by atoms with Crippen molar-refractivity contribution >= 4 is 10.0 Å². The number of H-pyrrole nitrogens is 1. The smallest absolute Gasteiger partial charge is 0.246 e. The van der Waals surface area contributed by atoms with Gasteiger partial charge in [0.2, 0.25) is 10.0 Å². The second-order valence-corrected chi connectivity index (χ2v) is 7.16. The molecule has 0 unspecified atom stereocenters. The fraction of sp³-hybridized carbons (Fsp3) is 0.750. The van der Waals surface area contributed by atoms with Crippen LogP contribution in [0.1, 0.15) is 12.8 Å². The van der Waals surface area contributed by atoms with Crippen LogP contribution in [0.4, 0.5) is 0 Å². The van der Waals surface area contributed by atoms with Gasteiger partial charge in [0.1, 0.15) is 4.90 Å². The van der Waals surface area contributed by atoms with Crippen LogP contribution in [0, 0.1) is 0 Å². The van der Waals surface area contributed by atoms with E-state index in [0.29, 0.717) is 19.1 Å². The highest BCUT2D eigenvalue weighted by Gasteiger charge is 2.32. The van der Waals surface area contributed by atoms with Crippen molar-refractivity contribution in [3.05, 3.63) is 12.4 Å². The molecule has 0 aliphatic carbocycles. The van der Waals surface area contributed by atoms with Gasteiger partial charge in [-0.1, -0.05) is 0 Å². The second kappa shape index (κ2) is 5.80. The van der Waals surface area contributed by atoms with Gasteiger partial charge in [0.15, 0.2) is 0 Å². The highest BCUT2D eigenvalue weighted by atomic mass is 32.2. The van der Waals surface area contributed by atoms with Crippen molar-refractivity contribution in [3.63, 3.8) is 0 Å². The van der Waals surface area contributed by atoms with Crippen molar-refractivity contribution in [2.24, 2.45) is 0 Å². The van der Waals surface area contributed by atoms with Crippen molar-refractivity contribution in [1.29, 1.82) is 0 Å². The maximum atomic E-state index is 12.4. The quantitative estimate of drug-likeness (QED) is 0.843. The molecule has 2 aliphatic heterocycles. The summed E-state index contributed by atoms with van der Waals surface area (Å²) in [5.74, 6) is 0. The maximum Gasteiger partial charge on any atom is 0.246 e. The van der Waals surface area contributed by atoms with Crippen LogP contribution in [-0.4, -0.2) is 73.3 Å². The Hall–Kier alpha value is -0.960. The van der Waals surface area contributed by atoms with Crippen LogP contribution in [0.3, 0.4) is 0 Å². The Labute approximate surface area is 118 Å². The molecule has 0 amide bonds. The lowest BCUT2D eigenvalue weighted by Crippen LogP contribution is -2.50. The lowest BCUT2D eigenvalue weighted by Gasteiger charge is -2.39. The molecule has 112 valence electrons. The van der Waals surface area contributed by atoms with E-state index in [1.54, 1.807) is 4.31 Å². The van der Waals surface area contributed by atoms with Gasteiger partial charge in [-0.05, 0) is 12.8 Å². The molecule has 1 aromatic rings. The molecular formula is C12H20N4O3S. The molecule has 3 rings (SSSR count). The number of hydrogen-bond acceptors (Lipinski definition) is 5. The average Bonchev–Trinajstić information content (AvgIpc) is 3.03. The Morgan fingerprint density at radius 1 is 1.20 bits per heavy atom. The van der Waals surface area contributed by atoms with Crippen LogP contribution < -0.4 is 0 Å². The first-order valence-electron chi connectivity index (χ1n) is 6.98. The fourth-order valence-corrected chi connectivity index (χ4v) is 4.30. The normalized spacial score (nSPS) is 24.0. The number of rotatable bonds is 3. The summed E-state index contributed by atoms with van der Waals surface area (Å²) in [6.45, 7) is 4.64. The second-order valence-electron chi connectivity index (χ2n) is 5.22. The first-order chi connectivity index (χ1) is 9.68. The van der Waals surface area contributed by atoms with Crippen LogP contribution in [0.2, 0.25) is 0 Å². The highest BCUT2D eigenvalue weighted by Crippen LogP contribution is 2.23. The van der Waals surface area contributed by atoms with Crippen molar-refractivity contribution in [2.75, 3.05) is 39.4 Å². The highest BCUT2D eigenvalue weighted by molar-refractivity contribution is 7.89. The predicted octanol–water partition coefficient (Wildman–Crippen LogP) is -0.105. The monoisotopic (exact) mass is 300 g/mol. The molecular weight excluding hydrogens is 280 g/mol. The molecule has 1 N–H and O–H groups in total.